The number of rotatable bonds is 4. The maximum absolute atomic E-state index is 5.16. The molecule has 1 aliphatic rings. The maximum Gasteiger partial charge on any atom is 0.232 e. The van der Waals surface area contributed by atoms with Gasteiger partial charge in [0.25, 0.3) is 0 Å². The molecular formula is C13H20BrN3O. The van der Waals surface area contributed by atoms with Crippen LogP contribution in [0.25, 0.3) is 0 Å². The zero-order chi connectivity index (χ0) is 13.0. The Morgan fingerprint density at radius 1 is 1.50 bits per heavy atom. The summed E-state index contributed by atoms with van der Waals surface area (Å²) < 4.78 is 5.94. The van der Waals surface area contributed by atoms with Crippen LogP contribution in [0.2, 0.25) is 0 Å². The number of methoxy groups -OCH3 is 1. The molecule has 1 aliphatic carbocycles. The van der Waals surface area contributed by atoms with E-state index in [1.807, 2.05) is 0 Å². The smallest absolute Gasteiger partial charge is 0.232 e. The molecule has 5 heteroatoms. The molecule has 1 heterocycles. The largest absolute Gasteiger partial charge is 0.480 e. The van der Waals surface area contributed by atoms with Gasteiger partial charge >= 0.3 is 0 Å². The van der Waals surface area contributed by atoms with Gasteiger partial charge in [-0.2, -0.15) is 4.98 Å². The molecule has 0 amide bonds. The van der Waals surface area contributed by atoms with E-state index in [2.05, 4.69) is 38.1 Å². The average Bonchev–Trinajstić information content (AvgIpc) is 2.38. The molecule has 0 saturated heterocycles. The highest BCUT2D eigenvalue weighted by atomic mass is 79.9. The molecule has 1 aromatic rings. The van der Waals surface area contributed by atoms with Crippen LogP contribution in [-0.4, -0.2) is 23.6 Å². The lowest BCUT2D eigenvalue weighted by atomic mass is 9.82. The van der Waals surface area contributed by atoms with E-state index in [4.69, 9.17) is 4.74 Å². The number of aromatic nitrogens is 2. The lowest BCUT2D eigenvalue weighted by molar-refractivity contribution is 0.293. The van der Waals surface area contributed by atoms with Gasteiger partial charge in [-0.1, -0.05) is 19.8 Å². The predicted molar refractivity (Wildman–Crippen MR) is 75.9 cm³/mol. The van der Waals surface area contributed by atoms with Gasteiger partial charge < -0.3 is 10.1 Å². The van der Waals surface area contributed by atoms with Crippen LogP contribution in [0.4, 0.5) is 5.95 Å². The van der Waals surface area contributed by atoms with Crippen LogP contribution in [0.5, 0.6) is 5.88 Å². The quantitative estimate of drug-likeness (QED) is 0.924. The van der Waals surface area contributed by atoms with E-state index in [1.54, 1.807) is 13.3 Å². The summed E-state index contributed by atoms with van der Waals surface area (Å²) in [6.07, 6.45) is 7.06. The molecule has 100 valence electrons. The second-order valence-corrected chi connectivity index (χ2v) is 5.92. The average molecular weight is 314 g/mol. The summed E-state index contributed by atoms with van der Waals surface area (Å²) in [6.45, 7) is 3.29. The first kappa shape index (κ1) is 13.6. The van der Waals surface area contributed by atoms with Crippen molar-refractivity contribution in [3.8, 4) is 5.88 Å². The molecule has 4 nitrogen and oxygen atoms in total. The normalized spacial score (nSPS) is 23.7. The van der Waals surface area contributed by atoms with Crippen molar-refractivity contribution in [3.05, 3.63) is 10.7 Å². The Morgan fingerprint density at radius 2 is 2.33 bits per heavy atom. The van der Waals surface area contributed by atoms with Crippen LogP contribution in [0.1, 0.15) is 32.6 Å². The van der Waals surface area contributed by atoms with Crippen molar-refractivity contribution in [2.24, 2.45) is 11.8 Å². The summed E-state index contributed by atoms with van der Waals surface area (Å²) in [5.74, 6) is 2.82. The Hall–Kier alpha value is -0.840. The number of hydrogen-bond acceptors (Lipinski definition) is 4. The molecule has 2 atom stereocenters. The van der Waals surface area contributed by atoms with Gasteiger partial charge in [-0.3, -0.25) is 0 Å². The highest BCUT2D eigenvalue weighted by Gasteiger charge is 2.18. The molecule has 2 rings (SSSR count). The summed E-state index contributed by atoms with van der Waals surface area (Å²) in [5.41, 5.74) is 0. The summed E-state index contributed by atoms with van der Waals surface area (Å²) in [5, 5.41) is 3.31. The monoisotopic (exact) mass is 313 g/mol. The van der Waals surface area contributed by atoms with E-state index in [-0.39, 0.29) is 0 Å². The third-order valence-electron chi connectivity index (χ3n) is 3.50. The highest BCUT2D eigenvalue weighted by Crippen LogP contribution is 2.28. The van der Waals surface area contributed by atoms with Crippen molar-refractivity contribution in [2.75, 3.05) is 19.0 Å². The molecule has 1 fully saturated rings. The molecule has 0 aliphatic heterocycles. The van der Waals surface area contributed by atoms with Gasteiger partial charge in [-0.15, -0.1) is 0 Å². The van der Waals surface area contributed by atoms with Crippen molar-refractivity contribution in [3.63, 3.8) is 0 Å². The molecule has 0 bridgehead atoms. The Labute approximate surface area is 117 Å². The number of ether oxygens (including phenoxy) is 1. The molecule has 1 aromatic heterocycles. The highest BCUT2D eigenvalue weighted by molar-refractivity contribution is 9.10. The summed E-state index contributed by atoms with van der Waals surface area (Å²) in [7, 11) is 1.61. The van der Waals surface area contributed by atoms with Crippen molar-refractivity contribution in [1.29, 1.82) is 0 Å². The molecule has 1 saturated carbocycles. The van der Waals surface area contributed by atoms with Gasteiger partial charge in [0.15, 0.2) is 0 Å². The summed E-state index contributed by atoms with van der Waals surface area (Å²) in [4.78, 5) is 8.54. The van der Waals surface area contributed by atoms with Crippen LogP contribution in [0.3, 0.4) is 0 Å². The third-order valence-corrected chi connectivity index (χ3v) is 4.04. The first-order valence-corrected chi connectivity index (χ1v) is 7.28. The second kappa shape index (κ2) is 6.36. The van der Waals surface area contributed by atoms with Gasteiger partial charge in [0, 0.05) is 6.54 Å². The number of nitrogens with one attached hydrogen (secondary N) is 1. The van der Waals surface area contributed by atoms with Crippen molar-refractivity contribution >= 4 is 21.9 Å². The van der Waals surface area contributed by atoms with Crippen LogP contribution >= 0.6 is 15.9 Å². The minimum atomic E-state index is 0.574. The van der Waals surface area contributed by atoms with Gasteiger partial charge in [0.2, 0.25) is 11.8 Å². The predicted octanol–water partition coefficient (Wildman–Crippen LogP) is 3.49. The Kier molecular flexibility index (Phi) is 4.80. The Morgan fingerprint density at radius 3 is 3.06 bits per heavy atom. The van der Waals surface area contributed by atoms with E-state index in [0.717, 1.165) is 22.9 Å². The van der Waals surface area contributed by atoms with Crippen molar-refractivity contribution in [1.82, 2.24) is 9.97 Å². The van der Waals surface area contributed by atoms with Gasteiger partial charge in [-0.25, -0.2) is 4.98 Å². The SMILES string of the molecule is COc1nc(NCC2CCCC(C)C2)ncc1Br. The van der Waals surface area contributed by atoms with Crippen LogP contribution < -0.4 is 10.1 Å². The second-order valence-electron chi connectivity index (χ2n) is 5.07. The molecule has 0 spiro atoms. The fraction of sp³-hybridized carbons (Fsp3) is 0.692. The van der Waals surface area contributed by atoms with Crippen molar-refractivity contribution in [2.45, 2.75) is 32.6 Å². The number of halogens is 1. The molecule has 0 radical (unpaired) electrons. The zero-order valence-corrected chi connectivity index (χ0v) is 12.5. The zero-order valence-electron chi connectivity index (χ0n) is 10.9. The summed E-state index contributed by atoms with van der Waals surface area (Å²) in [6, 6.07) is 0. The lowest BCUT2D eigenvalue weighted by Gasteiger charge is -2.26. The van der Waals surface area contributed by atoms with Gasteiger partial charge in [0.05, 0.1) is 17.8 Å². The van der Waals surface area contributed by atoms with Crippen LogP contribution in [0.15, 0.2) is 10.7 Å². The maximum atomic E-state index is 5.16. The standard InChI is InChI=1S/C13H20BrN3O/c1-9-4-3-5-10(6-9)7-15-13-16-8-11(14)12(17-13)18-2/h8-10H,3-7H2,1-2H3,(H,15,16,17). The van der Waals surface area contributed by atoms with Gasteiger partial charge in [0.1, 0.15) is 0 Å². The molecule has 0 aromatic carbocycles. The van der Waals surface area contributed by atoms with Crippen LogP contribution in [0, 0.1) is 11.8 Å². The van der Waals surface area contributed by atoms with Crippen molar-refractivity contribution < 1.29 is 4.74 Å². The number of hydrogen-bond donors (Lipinski definition) is 1. The number of anilines is 1. The Balaban J connectivity index is 1.89. The first-order valence-electron chi connectivity index (χ1n) is 6.49. The first-order chi connectivity index (χ1) is 8.69. The van der Waals surface area contributed by atoms with E-state index >= 15 is 0 Å². The number of nitrogens with zero attached hydrogens (tertiary/aromatic N) is 2. The van der Waals surface area contributed by atoms with E-state index in [1.165, 1.54) is 25.7 Å². The van der Waals surface area contributed by atoms with Gasteiger partial charge in [-0.05, 0) is 40.6 Å². The third kappa shape index (κ3) is 3.57. The molecule has 2 unspecified atom stereocenters. The fourth-order valence-electron chi connectivity index (χ4n) is 2.56. The molecule has 1 N–H and O–H groups in total. The van der Waals surface area contributed by atoms with E-state index in [0.29, 0.717) is 11.8 Å². The molecular weight excluding hydrogens is 294 g/mol. The summed E-state index contributed by atoms with van der Waals surface area (Å²) >= 11 is 3.35. The fourth-order valence-corrected chi connectivity index (χ4v) is 2.91. The Bertz CT molecular complexity index is 400. The molecule has 18 heavy (non-hydrogen) atoms. The topological polar surface area (TPSA) is 47.0 Å². The van der Waals surface area contributed by atoms with E-state index < -0.39 is 0 Å². The lowest BCUT2D eigenvalue weighted by Crippen LogP contribution is -2.21. The van der Waals surface area contributed by atoms with Crippen LogP contribution in [-0.2, 0) is 0 Å². The minimum Gasteiger partial charge on any atom is -0.480 e. The minimum absolute atomic E-state index is 0.574. The van der Waals surface area contributed by atoms with E-state index in [9.17, 15) is 0 Å².